The second-order valence-corrected chi connectivity index (χ2v) is 3.17. The molecule has 0 bridgehead atoms. The Labute approximate surface area is 100 Å². The third kappa shape index (κ3) is 6.04. The molecule has 0 spiro atoms. The van der Waals surface area contributed by atoms with Gasteiger partial charge in [-0.15, -0.1) is 13.2 Å². The van der Waals surface area contributed by atoms with Crippen LogP contribution in [-0.2, 0) is 4.79 Å². The summed E-state index contributed by atoms with van der Waals surface area (Å²) < 4.78 is 0. The van der Waals surface area contributed by atoms with Crippen LogP contribution in [0.1, 0.15) is 12.8 Å². The summed E-state index contributed by atoms with van der Waals surface area (Å²) in [5.41, 5.74) is 0. The SMILES string of the molecule is C=CCC(=O)CC=C.Oc1cccc(O)c1O. The number of Topliss-reactive ketones (excluding diaryl/α,β-unsaturated/α-hetero) is 1. The summed E-state index contributed by atoms with van der Waals surface area (Å²) in [6.07, 6.45) is 4.13. The fourth-order valence-corrected chi connectivity index (χ4v) is 0.925. The van der Waals surface area contributed by atoms with Gasteiger partial charge in [-0.25, -0.2) is 0 Å². The Morgan fingerprint density at radius 3 is 1.76 bits per heavy atom. The molecule has 0 radical (unpaired) electrons. The molecule has 0 heterocycles. The highest BCUT2D eigenvalue weighted by molar-refractivity contribution is 5.80. The molecule has 0 amide bonds. The Hall–Kier alpha value is -2.23. The van der Waals surface area contributed by atoms with Gasteiger partial charge in [-0.1, -0.05) is 18.2 Å². The summed E-state index contributed by atoms with van der Waals surface area (Å²) in [4.78, 5) is 10.5. The van der Waals surface area contributed by atoms with Gasteiger partial charge in [-0.05, 0) is 12.1 Å². The number of carbonyl (C=O) groups is 1. The second-order valence-electron chi connectivity index (χ2n) is 3.17. The second kappa shape index (κ2) is 7.98. The molecular weight excluding hydrogens is 220 g/mol. The summed E-state index contributed by atoms with van der Waals surface area (Å²) in [5, 5.41) is 26.1. The van der Waals surface area contributed by atoms with Gasteiger partial charge in [0.15, 0.2) is 17.2 Å². The van der Waals surface area contributed by atoms with Gasteiger partial charge in [0, 0.05) is 12.8 Å². The van der Waals surface area contributed by atoms with Crippen molar-refractivity contribution in [3.8, 4) is 17.2 Å². The minimum Gasteiger partial charge on any atom is -0.504 e. The predicted molar refractivity (Wildman–Crippen MR) is 66.1 cm³/mol. The Kier molecular flexibility index (Phi) is 6.94. The first-order chi connectivity index (χ1) is 8.02. The lowest BCUT2D eigenvalue weighted by molar-refractivity contribution is -0.117. The van der Waals surface area contributed by atoms with Gasteiger partial charge in [0.2, 0.25) is 0 Å². The lowest BCUT2D eigenvalue weighted by Gasteiger charge is -1.96. The molecule has 0 aromatic heterocycles. The fourth-order valence-electron chi connectivity index (χ4n) is 0.925. The molecule has 0 saturated carbocycles. The van der Waals surface area contributed by atoms with Crippen molar-refractivity contribution in [2.75, 3.05) is 0 Å². The van der Waals surface area contributed by atoms with Crippen LogP contribution in [-0.4, -0.2) is 21.1 Å². The van der Waals surface area contributed by atoms with E-state index in [2.05, 4.69) is 13.2 Å². The van der Waals surface area contributed by atoms with Crippen LogP contribution < -0.4 is 0 Å². The van der Waals surface area contributed by atoms with Crippen molar-refractivity contribution < 1.29 is 20.1 Å². The van der Waals surface area contributed by atoms with Gasteiger partial charge in [0.05, 0.1) is 0 Å². The van der Waals surface area contributed by atoms with Crippen LogP contribution in [0, 0.1) is 0 Å². The number of hydrogen-bond donors (Lipinski definition) is 3. The van der Waals surface area contributed by atoms with Gasteiger partial charge in [0.25, 0.3) is 0 Å². The van der Waals surface area contributed by atoms with Crippen molar-refractivity contribution in [2.45, 2.75) is 12.8 Å². The van der Waals surface area contributed by atoms with E-state index in [1.807, 2.05) is 0 Å². The fraction of sp³-hybridized carbons (Fsp3) is 0.154. The van der Waals surface area contributed by atoms with Gasteiger partial charge in [0.1, 0.15) is 5.78 Å². The maximum atomic E-state index is 10.5. The van der Waals surface area contributed by atoms with Crippen LogP contribution in [0.3, 0.4) is 0 Å². The molecule has 0 saturated heterocycles. The van der Waals surface area contributed by atoms with Crippen molar-refractivity contribution in [2.24, 2.45) is 0 Å². The van der Waals surface area contributed by atoms with E-state index in [4.69, 9.17) is 15.3 Å². The van der Waals surface area contributed by atoms with Crippen LogP contribution in [0.2, 0.25) is 0 Å². The summed E-state index contributed by atoms with van der Waals surface area (Å²) in [7, 11) is 0. The standard InChI is InChI=1S/C7H10O.C6H6O3/c1-3-5-7(8)6-4-2;7-4-2-1-3-5(8)6(4)9/h3-4H,1-2,5-6H2;1-3,7-9H. The molecule has 0 aliphatic rings. The molecule has 4 heteroatoms. The molecule has 0 unspecified atom stereocenters. The highest BCUT2D eigenvalue weighted by Crippen LogP contribution is 2.32. The number of phenols is 3. The summed E-state index contributed by atoms with van der Waals surface area (Å²) >= 11 is 0. The number of para-hydroxylation sites is 1. The number of phenolic OH excluding ortho intramolecular Hbond substituents is 3. The van der Waals surface area contributed by atoms with Crippen LogP contribution >= 0.6 is 0 Å². The zero-order valence-corrected chi connectivity index (χ0v) is 9.47. The number of benzene rings is 1. The lowest BCUT2D eigenvalue weighted by atomic mass is 10.2. The molecule has 17 heavy (non-hydrogen) atoms. The van der Waals surface area contributed by atoms with E-state index >= 15 is 0 Å². The summed E-state index contributed by atoms with van der Waals surface area (Å²) in [5.74, 6) is -0.919. The molecule has 0 aliphatic carbocycles. The number of aromatic hydroxyl groups is 3. The maximum Gasteiger partial charge on any atom is 0.200 e. The number of rotatable bonds is 4. The Morgan fingerprint density at radius 2 is 1.47 bits per heavy atom. The van der Waals surface area contributed by atoms with Crippen molar-refractivity contribution in [1.29, 1.82) is 0 Å². The van der Waals surface area contributed by atoms with Gasteiger partial charge < -0.3 is 15.3 Å². The lowest BCUT2D eigenvalue weighted by Crippen LogP contribution is -1.90. The zero-order valence-electron chi connectivity index (χ0n) is 9.47. The maximum absolute atomic E-state index is 10.5. The van der Waals surface area contributed by atoms with E-state index in [1.54, 1.807) is 12.2 Å². The third-order valence-electron chi connectivity index (χ3n) is 1.74. The molecule has 0 fully saturated rings. The highest BCUT2D eigenvalue weighted by atomic mass is 16.3. The van der Waals surface area contributed by atoms with E-state index in [0.717, 1.165) is 0 Å². The topological polar surface area (TPSA) is 77.8 Å². The largest absolute Gasteiger partial charge is 0.504 e. The van der Waals surface area contributed by atoms with E-state index in [-0.39, 0.29) is 17.3 Å². The minimum absolute atomic E-state index is 0.176. The molecule has 0 atom stereocenters. The van der Waals surface area contributed by atoms with E-state index in [9.17, 15) is 4.79 Å². The molecule has 1 rings (SSSR count). The minimum atomic E-state index is -0.475. The summed E-state index contributed by atoms with van der Waals surface area (Å²) in [6.45, 7) is 6.86. The Bertz CT molecular complexity index is 364. The summed E-state index contributed by atoms with van der Waals surface area (Å²) in [6, 6.07) is 4.01. The van der Waals surface area contributed by atoms with E-state index < -0.39 is 5.75 Å². The van der Waals surface area contributed by atoms with Crippen LogP contribution in [0.15, 0.2) is 43.5 Å². The quantitative estimate of drug-likeness (QED) is 0.554. The highest BCUT2D eigenvalue weighted by Gasteiger charge is 2.00. The molecule has 3 N–H and O–H groups in total. The van der Waals surface area contributed by atoms with Gasteiger partial charge in [-0.2, -0.15) is 0 Å². The first kappa shape index (κ1) is 14.8. The van der Waals surface area contributed by atoms with Crippen molar-refractivity contribution >= 4 is 5.78 Å². The molecular formula is C13H16O4. The molecule has 92 valence electrons. The molecule has 4 nitrogen and oxygen atoms in total. The first-order valence-electron chi connectivity index (χ1n) is 4.96. The Morgan fingerprint density at radius 1 is 1.06 bits per heavy atom. The number of hydrogen-bond acceptors (Lipinski definition) is 4. The average molecular weight is 236 g/mol. The zero-order chi connectivity index (χ0) is 13.3. The van der Waals surface area contributed by atoms with Crippen LogP contribution in [0.4, 0.5) is 0 Å². The molecule has 1 aromatic carbocycles. The van der Waals surface area contributed by atoms with Crippen molar-refractivity contribution in [1.82, 2.24) is 0 Å². The van der Waals surface area contributed by atoms with Gasteiger partial charge in [-0.3, -0.25) is 4.79 Å². The molecule has 1 aromatic rings. The van der Waals surface area contributed by atoms with Crippen LogP contribution in [0.5, 0.6) is 17.2 Å². The number of carbonyl (C=O) groups excluding carboxylic acids is 1. The van der Waals surface area contributed by atoms with Crippen molar-refractivity contribution in [3.05, 3.63) is 43.5 Å². The average Bonchev–Trinajstić information content (AvgIpc) is 2.27. The monoisotopic (exact) mass is 236 g/mol. The van der Waals surface area contributed by atoms with Gasteiger partial charge >= 0.3 is 0 Å². The van der Waals surface area contributed by atoms with E-state index in [0.29, 0.717) is 12.8 Å². The van der Waals surface area contributed by atoms with Crippen LogP contribution in [0.25, 0.3) is 0 Å². The predicted octanol–water partition coefficient (Wildman–Crippen LogP) is 2.51. The Balaban J connectivity index is 0.000000304. The van der Waals surface area contributed by atoms with Crippen molar-refractivity contribution in [3.63, 3.8) is 0 Å². The third-order valence-corrected chi connectivity index (χ3v) is 1.74. The first-order valence-corrected chi connectivity index (χ1v) is 4.96. The smallest absolute Gasteiger partial charge is 0.200 e. The number of ketones is 1. The molecule has 0 aliphatic heterocycles. The number of allylic oxidation sites excluding steroid dienone is 2. The van der Waals surface area contributed by atoms with E-state index in [1.165, 1.54) is 18.2 Å². The normalized spacial score (nSPS) is 8.71.